The molecule has 1 saturated heterocycles. The Morgan fingerprint density at radius 2 is 1.97 bits per heavy atom. The Morgan fingerprint density at radius 1 is 1.16 bits per heavy atom. The number of nitrogens with zero attached hydrogens (tertiary/aromatic N) is 4. The van der Waals surface area contributed by atoms with Crippen LogP contribution < -0.4 is 0 Å². The zero-order valence-corrected chi connectivity index (χ0v) is 18.0. The van der Waals surface area contributed by atoms with Crippen LogP contribution in [0.4, 0.5) is 0 Å². The lowest BCUT2D eigenvalue weighted by atomic mass is 9.69. The van der Waals surface area contributed by atoms with Crippen molar-refractivity contribution in [3.63, 3.8) is 0 Å². The van der Waals surface area contributed by atoms with Crippen molar-refractivity contribution < 1.29 is 9.59 Å². The Labute approximate surface area is 182 Å². The number of piperidine rings is 1. The molecule has 1 amide bonds. The van der Waals surface area contributed by atoms with Gasteiger partial charge in [0.2, 0.25) is 5.91 Å². The number of hydrogen-bond acceptors (Lipinski definition) is 4. The monoisotopic (exact) mass is 416 g/mol. The number of pyridine rings is 1. The van der Waals surface area contributed by atoms with Gasteiger partial charge in [-0.25, -0.2) is 0 Å². The van der Waals surface area contributed by atoms with E-state index in [4.69, 9.17) is 0 Å². The standard InChI is InChI=1S/C25H28N4O2/c1-25(8-3-9-25)24(31)28-10-6-21(7-11-28)29-16-18(13-27-29)12-20-14-26-15-23-19(17-30)4-2-5-22(20)23/h2,4-5,13-17,21H,3,6-12H2,1H3. The Balaban J connectivity index is 1.27. The summed E-state index contributed by atoms with van der Waals surface area (Å²) >= 11 is 0. The van der Waals surface area contributed by atoms with E-state index in [-0.39, 0.29) is 5.41 Å². The van der Waals surface area contributed by atoms with E-state index in [0.717, 1.165) is 73.4 Å². The number of hydrogen-bond donors (Lipinski definition) is 0. The number of carbonyl (C=O) groups excluding carboxylic acids is 2. The molecule has 1 saturated carbocycles. The molecule has 2 aromatic heterocycles. The van der Waals surface area contributed by atoms with Crippen LogP contribution in [0, 0.1) is 5.41 Å². The number of amides is 1. The first-order valence-corrected chi connectivity index (χ1v) is 11.2. The number of benzene rings is 1. The van der Waals surface area contributed by atoms with E-state index >= 15 is 0 Å². The summed E-state index contributed by atoms with van der Waals surface area (Å²) in [6, 6.07) is 6.11. The van der Waals surface area contributed by atoms with Crippen LogP contribution in [0.25, 0.3) is 10.8 Å². The number of fused-ring (bicyclic) bond motifs is 1. The Morgan fingerprint density at radius 3 is 2.68 bits per heavy atom. The molecule has 0 atom stereocenters. The lowest BCUT2D eigenvalue weighted by Crippen LogP contribution is -2.49. The van der Waals surface area contributed by atoms with Crippen molar-refractivity contribution in [1.29, 1.82) is 0 Å². The third-order valence-corrected chi connectivity index (χ3v) is 7.20. The number of aldehydes is 1. The maximum absolute atomic E-state index is 12.8. The first-order chi connectivity index (χ1) is 15.1. The molecule has 1 aliphatic heterocycles. The SMILES string of the molecule is CC1(C(=O)N2CCC(n3cc(Cc4cncc5c(C=O)cccc45)cn3)CC2)CCC1. The molecular weight excluding hydrogens is 388 g/mol. The molecule has 1 aromatic carbocycles. The molecule has 2 aliphatic rings. The van der Waals surface area contributed by atoms with E-state index in [9.17, 15) is 9.59 Å². The quantitative estimate of drug-likeness (QED) is 0.585. The molecule has 3 heterocycles. The van der Waals surface area contributed by atoms with Crippen LogP contribution in [0.2, 0.25) is 0 Å². The van der Waals surface area contributed by atoms with Gasteiger partial charge in [0.1, 0.15) is 0 Å². The summed E-state index contributed by atoms with van der Waals surface area (Å²) in [5.41, 5.74) is 2.78. The lowest BCUT2D eigenvalue weighted by Gasteiger charge is -2.43. The minimum atomic E-state index is -0.109. The molecule has 0 radical (unpaired) electrons. The van der Waals surface area contributed by atoms with Gasteiger partial charge in [-0.3, -0.25) is 19.3 Å². The zero-order chi connectivity index (χ0) is 21.4. The first kappa shape index (κ1) is 19.9. The second-order valence-electron chi connectivity index (χ2n) is 9.30. The third kappa shape index (κ3) is 3.64. The Kier molecular flexibility index (Phi) is 5.08. The highest BCUT2D eigenvalue weighted by molar-refractivity contribution is 5.98. The molecule has 5 rings (SSSR count). The van der Waals surface area contributed by atoms with Gasteiger partial charge in [0.05, 0.1) is 12.2 Å². The van der Waals surface area contributed by atoms with E-state index in [1.807, 2.05) is 30.6 Å². The van der Waals surface area contributed by atoms with Crippen LogP contribution in [0.3, 0.4) is 0 Å². The van der Waals surface area contributed by atoms with Gasteiger partial charge in [-0.1, -0.05) is 31.5 Å². The maximum atomic E-state index is 12.8. The highest BCUT2D eigenvalue weighted by Crippen LogP contribution is 2.42. The predicted octanol–water partition coefficient (Wildman–Crippen LogP) is 4.19. The molecule has 31 heavy (non-hydrogen) atoms. The maximum Gasteiger partial charge on any atom is 0.228 e. The van der Waals surface area contributed by atoms with Crippen molar-refractivity contribution in [2.75, 3.05) is 13.1 Å². The van der Waals surface area contributed by atoms with Gasteiger partial charge in [-0.05, 0) is 42.2 Å². The summed E-state index contributed by atoms with van der Waals surface area (Å²) in [5.74, 6) is 0.344. The zero-order valence-electron chi connectivity index (χ0n) is 18.0. The number of rotatable bonds is 5. The molecule has 0 N–H and O–H groups in total. The average Bonchev–Trinajstić information content (AvgIpc) is 3.25. The number of carbonyl (C=O) groups is 2. The van der Waals surface area contributed by atoms with Crippen molar-refractivity contribution in [2.45, 2.75) is 51.5 Å². The van der Waals surface area contributed by atoms with Gasteiger partial charge in [-0.15, -0.1) is 0 Å². The first-order valence-electron chi connectivity index (χ1n) is 11.2. The van der Waals surface area contributed by atoms with Crippen LogP contribution in [-0.2, 0) is 11.2 Å². The molecule has 2 fully saturated rings. The fourth-order valence-corrected chi connectivity index (χ4v) is 5.05. The van der Waals surface area contributed by atoms with E-state index < -0.39 is 0 Å². The second kappa shape index (κ2) is 7.91. The second-order valence-corrected chi connectivity index (χ2v) is 9.30. The minimum Gasteiger partial charge on any atom is -0.342 e. The lowest BCUT2D eigenvalue weighted by molar-refractivity contribution is -0.147. The molecule has 3 aromatic rings. The van der Waals surface area contributed by atoms with Crippen LogP contribution >= 0.6 is 0 Å². The smallest absolute Gasteiger partial charge is 0.228 e. The molecule has 0 unspecified atom stereocenters. The summed E-state index contributed by atoms with van der Waals surface area (Å²) in [7, 11) is 0. The molecule has 160 valence electrons. The van der Waals surface area contributed by atoms with Gasteiger partial charge in [0.15, 0.2) is 6.29 Å². The van der Waals surface area contributed by atoms with Gasteiger partial charge in [0, 0.05) is 54.5 Å². The highest BCUT2D eigenvalue weighted by Gasteiger charge is 2.42. The fraction of sp³-hybridized carbons (Fsp3) is 0.440. The minimum absolute atomic E-state index is 0.109. The summed E-state index contributed by atoms with van der Waals surface area (Å²) in [6.07, 6.45) is 14.4. The van der Waals surface area contributed by atoms with E-state index in [1.165, 1.54) is 6.42 Å². The van der Waals surface area contributed by atoms with Crippen molar-refractivity contribution >= 4 is 23.0 Å². The Bertz CT molecular complexity index is 1120. The van der Waals surface area contributed by atoms with E-state index in [0.29, 0.717) is 17.5 Å². The van der Waals surface area contributed by atoms with Crippen LogP contribution in [-0.4, -0.2) is 44.9 Å². The van der Waals surface area contributed by atoms with Crippen LogP contribution in [0.15, 0.2) is 43.0 Å². The molecule has 6 nitrogen and oxygen atoms in total. The highest BCUT2D eigenvalue weighted by atomic mass is 16.2. The molecule has 1 aliphatic carbocycles. The summed E-state index contributed by atoms with van der Waals surface area (Å²) in [6.45, 7) is 3.75. The normalized spacial score (nSPS) is 18.7. The average molecular weight is 417 g/mol. The van der Waals surface area contributed by atoms with Gasteiger partial charge in [-0.2, -0.15) is 5.10 Å². The number of aromatic nitrogens is 3. The van der Waals surface area contributed by atoms with Crippen molar-refractivity contribution in [2.24, 2.45) is 5.41 Å². The molecule has 6 heteroatoms. The van der Waals surface area contributed by atoms with Gasteiger partial charge < -0.3 is 4.90 Å². The van der Waals surface area contributed by atoms with Crippen LogP contribution in [0.1, 0.15) is 66.6 Å². The number of likely N-dealkylation sites (tertiary alicyclic amines) is 1. The largest absolute Gasteiger partial charge is 0.342 e. The van der Waals surface area contributed by atoms with E-state index in [1.54, 1.807) is 6.20 Å². The van der Waals surface area contributed by atoms with Crippen LogP contribution in [0.5, 0.6) is 0 Å². The van der Waals surface area contributed by atoms with Gasteiger partial charge in [0.25, 0.3) is 0 Å². The topological polar surface area (TPSA) is 68.1 Å². The molecule has 0 spiro atoms. The van der Waals surface area contributed by atoms with Crippen molar-refractivity contribution in [3.8, 4) is 0 Å². The summed E-state index contributed by atoms with van der Waals surface area (Å²) in [5, 5.41) is 6.58. The van der Waals surface area contributed by atoms with Crippen molar-refractivity contribution in [3.05, 3.63) is 59.7 Å². The fourth-order valence-electron chi connectivity index (χ4n) is 5.05. The predicted molar refractivity (Wildman–Crippen MR) is 119 cm³/mol. The Hall–Kier alpha value is -3.02. The molecular formula is C25H28N4O2. The van der Waals surface area contributed by atoms with Gasteiger partial charge >= 0.3 is 0 Å². The molecule has 0 bridgehead atoms. The van der Waals surface area contributed by atoms with Crippen molar-refractivity contribution in [1.82, 2.24) is 19.7 Å². The summed E-state index contributed by atoms with van der Waals surface area (Å²) < 4.78 is 2.07. The summed E-state index contributed by atoms with van der Waals surface area (Å²) in [4.78, 5) is 30.5. The third-order valence-electron chi connectivity index (χ3n) is 7.20. The van der Waals surface area contributed by atoms with E-state index in [2.05, 4.69) is 32.8 Å².